The van der Waals surface area contributed by atoms with Crippen molar-refractivity contribution in [3.05, 3.63) is 15.7 Å². The summed E-state index contributed by atoms with van der Waals surface area (Å²) in [6.45, 7) is 4.73. The Morgan fingerprint density at radius 1 is 1.47 bits per heavy atom. The lowest BCUT2D eigenvalue weighted by atomic mass is 10.6. The zero-order valence-corrected chi connectivity index (χ0v) is 12.5. The maximum atomic E-state index is 4.40. The molecule has 0 aromatic carbocycles. The Labute approximate surface area is 116 Å². The first kappa shape index (κ1) is 12.7. The van der Waals surface area contributed by atoms with E-state index in [1.54, 1.807) is 17.5 Å². The first-order chi connectivity index (χ1) is 8.19. The third-order valence-electron chi connectivity index (χ3n) is 1.74. The van der Waals surface area contributed by atoms with Gasteiger partial charge in [-0.05, 0) is 41.5 Å². The summed E-state index contributed by atoms with van der Waals surface area (Å²) >= 11 is 6.46. The van der Waals surface area contributed by atoms with Crippen LogP contribution in [0.15, 0.2) is 20.0 Å². The number of rotatable bonds is 4. The number of halogens is 1. The summed E-state index contributed by atoms with van der Waals surface area (Å²) in [7, 11) is 0. The Hall–Kier alpha value is -0.730. The molecule has 1 N–H and O–H groups in total. The molecule has 0 saturated heterocycles. The zero-order valence-electron chi connectivity index (χ0n) is 9.27. The Morgan fingerprint density at radius 3 is 2.94 bits per heavy atom. The summed E-state index contributed by atoms with van der Waals surface area (Å²) in [5, 5.41) is 12.9. The van der Waals surface area contributed by atoms with Crippen molar-refractivity contribution in [3.63, 3.8) is 0 Å². The van der Waals surface area contributed by atoms with Gasteiger partial charge in [0, 0.05) is 12.7 Å². The van der Waals surface area contributed by atoms with Gasteiger partial charge in [0.2, 0.25) is 5.95 Å². The molecule has 0 aliphatic rings. The molecule has 0 aliphatic carbocycles. The summed E-state index contributed by atoms with van der Waals surface area (Å²) in [5.41, 5.74) is 0. The molecule has 90 valence electrons. The third-order valence-corrected chi connectivity index (χ3v) is 4.48. The molecule has 17 heavy (non-hydrogen) atoms. The van der Waals surface area contributed by atoms with Crippen LogP contribution in [0.2, 0.25) is 0 Å². The van der Waals surface area contributed by atoms with Gasteiger partial charge in [-0.25, -0.2) is 9.97 Å². The first-order valence-electron chi connectivity index (χ1n) is 4.93. The van der Waals surface area contributed by atoms with E-state index in [0.717, 1.165) is 25.4 Å². The van der Waals surface area contributed by atoms with Crippen LogP contribution in [0, 0.1) is 6.92 Å². The minimum Gasteiger partial charge on any atom is -0.354 e. The fraction of sp³-hybridized carbons (Fsp3) is 0.333. The zero-order chi connectivity index (χ0) is 12.3. The SMILES string of the molecule is CCNc1ncc(Br)c(Sc2nnc(C)s2)n1. The Bertz CT molecular complexity index is 516. The predicted octanol–water partition coefficient (Wildman–Crippen LogP) is 2.98. The van der Waals surface area contributed by atoms with Crippen molar-refractivity contribution in [1.82, 2.24) is 20.2 Å². The highest BCUT2D eigenvalue weighted by atomic mass is 79.9. The van der Waals surface area contributed by atoms with E-state index in [0.29, 0.717) is 5.95 Å². The summed E-state index contributed by atoms with van der Waals surface area (Å²) in [5.74, 6) is 0.624. The summed E-state index contributed by atoms with van der Waals surface area (Å²) in [6.07, 6.45) is 1.74. The fourth-order valence-electron chi connectivity index (χ4n) is 1.07. The van der Waals surface area contributed by atoms with E-state index in [4.69, 9.17) is 0 Å². The first-order valence-corrected chi connectivity index (χ1v) is 7.36. The van der Waals surface area contributed by atoms with Gasteiger partial charge in [0.25, 0.3) is 0 Å². The molecule has 5 nitrogen and oxygen atoms in total. The van der Waals surface area contributed by atoms with Crippen LogP contribution < -0.4 is 5.32 Å². The average Bonchev–Trinajstić information content (AvgIpc) is 2.69. The van der Waals surface area contributed by atoms with E-state index in [1.807, 2.05) is 13.8 Å². The van der Waals surface area contributed by atoms with E-state index in [-0.39, 0.29) is 0 Å². The van der Waals surface area contributed by atoms with Gasteiger partial charge >= 0.3 is 0 Å². The number of hydrogen-bond donors (Lipinski definition) is 1. The van der Waals surface area contributed by atoms with Crippen molar-refractivity contribution in [3.8, 4) is 0 Å². The van der Waals surface area contributed by atoms with Crippen LogP contribution >= 0.6 is 39.0 Å². The summed E-state index contributed by atoms with van der Waals surface area (Å²) in [6, 6.07) is 0. The van der Waals surface area contributed by atoms with E-state index >= 15 is 0 Å². The van der Waals surface area contributed by atoms with Gasteiger partial charge in [0.15, 0.2) is 4.34 Å². The second-order valence-corrected chi connectivity index (χ2v) is 6.34. The fourth-order valence-corrected chi connectivity index (χ4v) is 3.21. The van der Waals surface area contributed by atoms with Crippen LogP contribution in [0.5, 0.6) is 0 Å². The normalized spacial score (nSPS) is 10.5. The molecule has 0 unspecified atom stereocenters. The van der Waals surface area contributed by atoms with Crippen molar-refractivity contribution in [2.24, 2.45) is 0 Å². The molecule has 2 rings (SSSR count). The molecule has 2 aromatic rings. The lowest BCUT2D eigenvalue weighted by Gasteiger charge is -2.04. The molecular weight excluding hydrogens is 322 g/mol. The molecule has 0 aliphatic heterocycles. The largest absolute Gasteiger partial charge is 0.354 e. The molecule has 0 radical (unpaired) electrons. The second-order valence-electron chi connectivity index (χ2n) is 3.07. The van der Waals surface area contributed by atoms with Gasteiger partial charge in [-0.2, -0.15) is 0 Å². The molecule has 0 atom stereocenters. The number of nitrogens with zero attached hydrogens (tertiary/aromatic N) is 4. The Kier molecular flexibility index (Phi) is 4.30. The number of hydrogen-bond acceptors (Lipinski definition) is 7. The number of aromatic nitrogens is 4. The number of aryl methyl sites for hydroxylation is 1. The van der Waals surface area contributed by atoms with Crippen molar-refractivity contribution in [2.75, 3.05) is 11.9 Å². The van der Waals surface area contributed by atoms with Crippen molar-refractivity contribution in [2.45, 2.75) is 23.2 Å². The van der Waals surface area contributed by atoms with E-state index in [2.05, 4.69) is 41.4 Å². The van der Waals surface area contributed by atoms with Gasteiger partial charge in [-0.3, -0.25) is 0 Å². The highest BCUT2D eigenvalue weighted by Crippen LogP contribution is 2.33. The minimum atomic E-state index is 0.624. The summed E-state index contributed by atoms with van der Waals surface area (Å²) < 4.78 is 1.74. The lowest BCUT2D eigenvalue weighted by Crippen LogP contribution is -2.02. The molecule has 0 saturated carbocycles. The molecule has 0 fully saturated rings. The third kappa shape index (κ3) is 3.36. The van der Waals surface area contributed by atoms with Gasteiger partial charge in [0.05, 0.1) is 4.47 Å². The van der Waals surface area contributed by atoms with Crippen molar-refractivity contribution >= 4 is 45.0 Å². The molecule has 0 bridgehead atoms. The van der Waals surface area contributed by atoms with Crippen LogP contribution in [0.4, 0.5) is 5.95 Å². The average molecular weight is 332 g/mol. The standard InChI is InChI=1S/C9H10BrN5S2/c1-3-11-8-12-4-6(10)7(13-8)17-9-15-14-5(2)16-9/h4H,3H2,1-2H3,(H,11,12,13). The van der Waals surface area contributed by atoms with Crippen LogP contribution in [0.25, 0.3) is 0 Å². The molecular formula is C9H10BrN5S2. The smallest absolute Gasteiger partial charge is 0.223 e. The Balaban J connectivity index is 2.22. The van der Waals surface area contributed by atoms with E-state index in [1.165, 1.54) is 11.8 Å². The predicted molar refractivity (Wildman–Crippen MR) is 72.7 cm³/mol. The highest BCUT2D eigenvalue weighted by molar-refractivity contribution is 9.10. The van der Waals surface area contributed by atoms with Crippen LogP contribution in [0.3, 0.4) is 0 Å². The van der Waals surface area contributed by atoms with Gasteiger partial charge in [0.1, 0.15) is 10.0 Å². The van der Waals surface area contributed by atoms with E-state index < -0.39 is 0 Å². The van der Waals surface area contributed by atoms with Crippen LogP contribution in [-0.2, 0) is 0 Å². The van der Waals surface area contributed by atoms with Gasteiger partial charge < -0.3 is 5.32 Å². The van der Waals surface area contributed by atoms with Crippen molar-refractivity contribution in [1.29, 1.82) is 0 Å². The van der Waals surface area contributed by atoms with Crippen molar-refractivity contribution < 1.29 is 0 Å². The Morgan fingerprint density at radius 2 is 2.29 bits per heavy atom. The molecule has 0 spiro atoms. The molecule has 0 amide bonds. The number of anilines is 1. The monoisotopic (exact) mass is 331 g/mol. The number of nitrogens with one attached hydrogen (secondary N) is 1. The van der Waals surface area contributed by atoms with Crippen LogP contribution in [-0.4, -0.2) is 26.7 Å². The summed E-state index contributed by atoms with van der Waals surface area (Å²) in [4.78, 5) is 8.56. The van der Waals surface area contributed by atoms with E-state index in [9.17, 15) is 0 Å². The second kappa shape index (κ2) is 5.74. The topological polar surface area (TPSA) is 63.6 Å². The minimum absolute atomic E-state index is 0.624. The van der Waals surface area contributed by atoms with Gasteiger partial charge in [-0.15, -0.1) is 10.2 Å². The maximum Gasteiger partial charge on any atom is 0.223 e. The molecule has 2 aromatic heterocycles. The highest BCUT2D eigenvalue weighted by Gasteiger charge is 2.09. The molecule has 2 heterocycles. The quantitative estimate of drug-likeness (QED) is 0.869. The van der Waals surface area contributed by atoms with Gasteiger partial charge in [-0.1, -0.05) is 11.3 Å². The molecule has 8 heteroatoms. The maximum absolute atomic E-state index is 4.40. The van der Waals surface area contributed by atoms with Crippen LogP contribution in [0.1, 0.15) is 11.9 Å². The lowest BCUT2D eigenvalue weighted by molar-refractivity contribution is 0.970.